The van der Waals surface area contributed by atoms with Crippen LogP contribution in [0.4, 0.5) is 4.39 Å². The molecule has 0 bridgehead atoms. The topological polar surface area (TPSA) is 43.4 Å². The predicted molar refractivity (Wildman–Crippen MR) is 111 cm³/mol. The number of nitrogens with zero attached hydrogens (tertiary/aromatic N) is 1. The molecule has 0 saturated heterocycles. The molecule has 4 nitrogen and oxygen atoms in total. The van der Waals surface area contributed by atoms with Crippen LogP contribution in [0.3, 0.4) is 0 Å². The fourth-order valence-electron chi connectivity index (χ4n) is 2.50. The number of nitrogens with one attached hydrogen (secondary N) is 1. The average molecular weight is 466 g/mol. The molecule has 2 aromatic carbocycles. The summed E-state index contributed by atoms with van der Waals surface area (Å²) >= 11 is 9.56. The van der Waals surface area contributed by atoms with Gasteiger partial charge in [0.1, 0.15) is 24.8 Å². The second-order valence-electron chi connectivity index (χ2n) is 5.97. The van der Waals surface area contributed by atoms with Gasteiger partial charge in [0.15, 0.2) is 0 Å². The number of halogens is 3. The van der Waals surface area contributed by atoms with Crippen LogP contribution in [0.15, 0.2) is 65.3 Å². The molecule has 0 aliphatic rings. The van der Waals surface area contributed by atoms with E-state index in [1.165, 1.54) is 12.1 Å². The standard InChI is InChI=1S/C21H19BrClFN2O2/c22-17-5-7-20(28-14-15-4-6-18(24)12-19(15)23)16(11-17)13-25-9-10-27-21-3-1-2-8-26-21/h1-8,11-12,25H,9-10,13-14H2. The van der Waals surface area contributed by atoms with Gasteiger partial charge in [-0.15, -0.1) is 0 Å². The number of rotatable bonds is 9. The zero-order valence-corrected chi connectivity index (χ0v) is 17.3. The second-order valence-corrected chi connectivity index (χ2v) is 7.29. The summed E-state index contributed by atoms with van der Waals surface area (Å²) in [5.74, 6) is 0.976. The second kappa shape index (κ2) is 10.4. The molecular weight excluding hydrogens is 447 g/mol. The third kappa shape index (κ3) is 6.19. The maximum atomic E-state index is 13.2. The Balaban J connectivity index is 1.53. The van der Waals surface area contributed by atoms with Gasteiger partial charge in [-0.3, -0.25) is 0 Å². The van der Waals surface area contributed by atoms with Crippen molar-refractivity contribution >= 4 is 27.5 Å². The maximum Gasteiger partial charge on any atom is 0.213 e. The third-order valence-corrected chi connectivity index (χ3v) is 4.75. The summed E-state index contributed by atoms with van der Waals surface area (Å²) in [7, 11) is 0. The van der Waals surface area contributed by atoms with Crippen molar-refractivity contribution in [2.45, 2.75) is 13.2 Å². The lowest BCUT2D eigenvalue weighted by molar-refractivity contribution is 0.294. The van der Waals surface area contributed by atoms with Gasteiger partial charge in [-0.05, 0) is 36.4 Å². The molecule has 1 N–H and O–H groups in total. The van der Waals surface area contributed by atoms with Gasteiger partial charge in [0, 0.05) is 41.0 Å². The minimum atomic E-state index is -0.366. The van der Waals surface area contributed by atoms with Crippen LogP contribution in [0.5, 0.6) is 11.6 Å². The number of hydrogen-bond donors (Lipinski definition) is 1. The molecule has 3 aromatic rings. The van der Waals surface area contributed by atoms with E-state index in [4.69, 9.17) is 21.1 Å². The molecular formula is C21H19BrClFN2O2. The van der Waals surface area contributed by atoms with Gasteiger partial charge in [-0.25, -0.2) is 9.37 Å². The monoisotopic (exact) mass is 464 g/mol. The molecule has 1 aromatic heterocycles. The van der Waals surface area contributed by atoms with Gasteiger partial charge in [0.25, 0.3) is 0 Å². The number of benzene rings is 2. The Morgan fingerprint density at radius 2 is 1.93 bits per heavy atom. The molecule has 7 heteroatoms. The Morgan fingerprint density at radius 3 is 2.71 bits per heavy atom. The van der Waals surface area contributed by atoms with E-state index in [9.17, 15) is 4.39 Å². The van der Waals surface area contributed by atoms with Crippen molar-refractivity contribution in [2.24, 2.45) is 0 Å². The van der Waals surface area contributed by atoms with E-state index in [2.05, 4.69) is 26.2 Å². The van der Waals surface area contributed by atoms with Crippen LogP contribution in [-0.4, -0.2) is 18.1 Å². The highest BCUT2D eigenvalue weighted by molar-refractivity contribution is 9.10. The van der Waals surface area contributed by atoms with Crippen molar-refractivity contribution in [1.82, 2.24) is 10.3 Å². The van der Waals surface area contributed by atoms with Crippen molar-refractivity contribution in [3.8, 4) is 11.6 Å². The van der Waals surface area contributed by atoms with Crippen LogP contribution in [0.2, 0.25) is 5.02 Å². The van der Waals surface area contributed by atoms with E-state index in [0.717, 1.165) is 21.3 Å². The molecule has 0 aliphatic carbocycles. The molecule has 0 fully saturated rings. The summed E-state index contributed by atoms with van der Waals surface area (Å²) in [5, 5.41) is 3.68. The van der Waals surface area contributed by atoms with Gasteiger partial charge >= 0.3 is 0 Å². The Labute approximate surface area is 176 Å². The summed E-state index contributed by atoms with van der Waals surface area (Å²) in [6, 6.07) is 15.6. The van der Waals surface area contributed by atoms with Crippen LogP contribution in [-0.2, 0) is 13.2 Å². The SMILES string of the molecule is Fc1ccc(COc2ccc(Br)cc2CNCCOc2ccccn2)c(Cl)c1. The lowest BCUT2D eigenvalue weighted by Crippen LogP contribution is -2.21. The largest absolute Gasteiger partial charge is 0.489 e. The summed E-state index contributed by atoms with van der Waals surface area (Å²) in [6.07, 6.45) is 1.70. The molecule has 0 radical (unpaired) electrons. The van der Waals surface area contributed by atoms with Gasteiger partial charge in [0.05, 0.1) is 5.02 Å². The fraction of sp³-hybridized carbons (Fsp3) is 0.190. The van der Waals surface area contributed by atoms with E-state index in [-0.39, 0.29) is 12.4 Å². The minimum Gasteiger partial charge on any atom is -0.489 e. The van der Waals surface area contributed by atoms with Crippen molar-refractivity contribution in [3.05, 3.63) is 87.2 Å². The Morgan fingerprint density at radius 1 is 1.04 bits per heavy atom. The van der Waals surface area contributed by atoms with E-state index < -0.39 is 0 Å². The van der Waals surface area contributed by atoms with Crippen LogP contribution in [0, 0.1) is 5.82 Å². The Bertz CT molecular complexity index is 912. The van der Waals surface area contributed by atoms with Crippen molar-refractivity contribution in [2.75, 3.05) is 13.2 Å². The Hall–Kier alpha value is -2.15. The molecule has 0 saturated carbocycles. The van der Waals surface area contributed by atoms with Gasteiger partial charge in [-0.1, -0.05) is 39.7 Å². The quantitative estimate of drug-likeness (QED) is 0.431. The fourth-order valence-corrected chi connectivity index (χ4v) is 3.13. The zero-order chi connectivity index (χ0) is 19.8. The van der Waals surface area contributed by atoms with Gasteiger partial charge < -0.3 is 14.8 Å². The van der Waals surface area contributed by atoms with Crippen molar-refractivity contribution in [1.29, 1.82) is 0 Å². The first kappa shape index (κ1) is 20.6. The van der Waals surface area contributed by atoms with Crippen LogP contribution >= 0.6 is 27.5 Å². The molecule has 28 heavy (non-hydrogen) atoms. The highest BCUT2D eigenvalue weighted by Crippen LogP contribution is 2.25. The number of ether oxygens (including phenoxy) is 2. The zero-order valence-electron chi connectivity index (χ0n) is 15.0. The number of hydrogen-bond acceptors (Lipinski definition) is 4. The van der Waals surface area contributed by atoms with Gasteiger partial charge in [0.2, 0.25) is 5.88 Å². The van der Waals surface area contributed by atoms with E-state index in [1.54, 1.807) is 12.3 Å². The van der Waals surface area contributed by atoms with Crippen molar-refractivity contribution in [3.63, 3.8) is 0 Å². The lowest BCUT2D eigenvalue weighted by Gasteiger charge is -2.14. The van der Waals surface area contributed by atoms with Crippen LogP contribution in [0.25, 0.3) is 0 Å². The first-order valence-corrected chi connectivity index (χ1v) is 9.88. The normalized spacial score (nSPS) is 10.7. The molecule has 3 rings (SSSR count). The molecule has 146 valence electrons. The van der Waals surface area contributed by atoms with E-state index in [1.807, 2.05) is 36.4 Å². The van der Waals surface area contributed by atoms with Crippen molar-refractivity contribution < 1.29 is 13.9 Å². The summed E-state index contributed by atoms with van der Waals surface area (Å²) in [4.78, 5) is 4.12. The van der Waals surface area contributed by atoms with Crippen LogP contribution in [0.1, 0.15) is 11.1 Å². The van der Waals surface area contributed by atoms with E-state index >= 15 is 0 Å². The van der Waals surface area contributed by atoms with Gasteiger partial charge in [-0.2, -0.15) is 0 Å². The first-order valence-electron chi connectivity index (χ1n) is 8.71. The molecule has 0 atom stereocenters. The molecule has 0 spiro atoms. The average Bonchev–Trinajstić information content (AvgIpc) is 2.69. The summed E-state index contributed by atoms with van der Waals surface area (Å²) < 4.78 is 25.6. The highest BCUT2D eigenvalue weighted by atomic mass is 79.9. The number of aromatic nitrogens is 1. The smallest absolute Gasteiger partial charge is 0.213 e. The maximum absolute atomic E-state index is 13.2. The molecule has 0 unspecified atom stereocenters. The summed E-state index contributed by atoms with van der Waals surface area (Å²) in [6.45, 7) is 2.03. The van der Waals surface area contributed by atoms with Crippen LogP contribution < -0.4 is 14.8 Å². The third-order valence-electron chi connectivity index (χ3n) is 3.90. The minimum absolute atomic E-state index is 0.260. The highest BCUT2D eigenvalue weighted by Gasteiger charge is 2.08. The van der Waals surface area contributed by atoms with E-state index in [0.29, 0.717) is 30.6 Å². The predicted octanol–water partition coefficient (Wildman–Crippen LogP) is 5.38. The Kier molecular flexibility index (Phi) is 7.65. The first-order chi connectivity index (χ1) is 13.6. The number of pyridine rings is 1. The molecule has 1 heterocycles. The molecule has 0 aliphatic heterocycles. The lowest BCUT2D eigenvalue weighted by atomic mass is 10.2. The molecule has 0 amide bonds. The summed E-state index contributed by atoms with van der Waals surface area (Å²) in [5.41, 5.74) is 1.72.